The second-order valence-corrected chi connectivity index (χ2v) is 4.23. The number of ketones is 1. The number of esters is 1. The first-order valence-electron chi connectivity index (χ1n) is 5.66. The molecule has 0 aliphatic heterocycles. The molecule has 0 saturated carbocycles. The van der Waals surface area contributed by atoms with Crippen LogP contribution in [0.25, 0.3) is 0 Å². The van der Waals surface area contributed by atoms with E-state index in [4.69, 9.17) is 10.00 Å². The Morgan fingerprint density at radius 2 is 2.00 bits per heavy atom. The Morgan fingerprint density at radius 1 is 1.41 bits per heavy atom. The lowest BCUT2D eigenvalue weighted by Gasteiger charge is -2.14. The minimum absolute atomic E-state index is 0.0675. The van der Waals surface area contributed by atoms with E-state index in [9.17, 15) is 9.59 Å². The lowest BCUT2D eigenvalue weighted by atomic mass is 9.90. The molecule has 0 rings (SSSR count). The maximum Gasteiger partial charge on any atom is 0.323 e. The fourth-order valence-corrected chi connectivity index (χ4v) is 1.46. The molecule has 0 fully saturated rings. The maximum absolute atomic E-state index is 11.5. The van der Waals surface area contributed by atoms with Crippen molar-refractivity contribution >= 4 is 11.8 Å². The number of rotatable bonds is 6. The summed E-state index contributed by atoms with van der Waals surface area (Å²) in [6.45, 7) is 7.30. The maximum atomic E-state index is 11.5. The number of ether oxygens (including phenoxy) is 1. The molecular weight excluding hydrogens is 218 g/mol. The molecule has 94 valence electrons. The molecule has 4 nitrogen and oxygen atoms in total. The van der Waals surface area contributed by atoms with Gasteiger partial charge in [0, 0.05) is 6.42 Å². The van der Waals surface area contributed by atoms with E-state index in [2.05, 4.69) is 0 Å². The Hall–Kier alpha value is -1.63. The van der Waals surface area contributed by atoms with Crippen molar-refractivity contribution in [3.8, 4) is 6.07 Å². The standard InChI is InChI=1S/C13H19NO3/c1-5-17-13(16)12(8-14)10(4)7-11(15)6-9(2)3/h6,10,12H,5,7H2,1-4H3. The van der Waals surface area contributed by atoms with Gasteiger partial charge in [0.2, 0.25) is 0 Å². The van der Waals surface area contributed by atoms with Gasteiger partial charge in [-0.2, -0.15) is 5.26 Å². The molecule has 0 aromatic rings. The van der Waals surface area contributed by atoms with E-state index < -0.39 is 11.9 Å². The van der Waals surface area contributed by atoms with Crippen molar-refractivity contribution in [3.63, 3.8) is 0 Å². The lowest BCUT2D eigenvalue weighted by molar-refractivity contribution is -0.147. The summed E-state index contributed by atoms with van der Waals surface area (Å²) in [5.74, 6) is -1.82. The van der Waals surface area contributed by atoms with Gasteiger partial charge in [-0.25, -0.2) is 0 Å². The zero-order valence-corrected chi connectivity index (χ0v) is 10.8. The fourth-order valence-electron chi connectivity index (χ4n) is 1.46. The lowest BCUT2D eigenvalue weighted by Crippen LogP contribution is -2.24. The molecule has 0 heterocycles. The summed E-state index contributed by atoms with van der Waals surface area (Å²) in [6.07, 6.45) is 1.71. The van der Waals surface area contributed by atoms with Gasteiger partial charge in [-0.1, -0.05) is 12.5 Å². The largest absolute Gasteiger partial charge is 0.465 e. The number of nitriles is 1. The molecule has 0 bridgehead atoms. The van der Waals surface area contributed by atoms with Gasteiger partial charge < -0.3 is 4.74 Å². The van der Waals surface area contributed by atoms with Crippen molar-refractivity contribution < 1.29 is 14.3 Å². The van der Waals surface area contributed by atoms with Crippen molar-refractivity contribution in [2.24, 2.45) is 11.8 Å². The Balaban J connectivity index is 4.52. The predicted octanol–water partition coefficient (Wildman–Crippen LogP) is 2.25. The fraction of sp³-hybridized carbons (Fsp3) is 0.615. The van der Waals surface area contributed by atoms with E-state index in [1.165, 1.54) is 6.08 Å². The summed E-state index contributed by atoms with van der Waals surface area (Å²) in [5, 5.41) is 8.91. The highest BCUT2D eigenvalue weighted by Gasteiger charge is 2.27. The van der Waals surface area contributed by atoms with Gasteiger partial charge in [-0.05, 0) is 32.8 Å². The highest BCUT2D eigenvalue weighted by Crippen LogP contribution is 2.17. The van der Waals surface area contributed by atoms with Crippen molar-refractivity contribution in [3.05, 3.63) is 11.6 Å². The minimum Gasteiger partial charge on any atom is -0.465 e. The van der Waals surface area contributed by atoms with E-state index >= 15 is 0 Å². The van der Waals surface area contributed by atoms with Crippen molar-refractivity contribution in [1.82, 2.24) is 0 Å². The average molecular weight is 237 g/mol. The monoisotopic (exact) mass is 237 g/mol. The smallest absolute Gasteiger partial charge is 0.323 e. The first-order chi connectivity index (χ1) is 7.92. The van der Waals surface area contributed by atoms with Crippen LogP contribution >= 0.6 is 0 Å². The number of hydrogen-bond donors (Lipinski definition) is 0. The van der Waals surface area contributed by atoms with Gasteiger partial charge in [-0.15, -0.1) is 0 Å². The number of hydrogen-bond acceptors (Lipinski definition) is 4. The second kappa shape index (κ2) is 7.61. The van der Waals surface area contributed by atoms with E-state index in [-0.39, 0.29) is 24.7 Å². The third-order valence-electron chi connectivity index (χ3n) is 2.22. The van der Waals surface area contributed by atoms with Gasteiger partial charge >= 0.3 is 5.97 Å². The summed E-state index contributed by atoms with van der Waals surface area (Å²) in [6, 6.07) is 1.90. The first kappa shape index (κ1) is 15.4. The number of allylic oxidation sites excluding steroid dienone is 2. The molecule has 2 atom stereocenters. The van der Waals surface area contributed by atoms with Crippen LogP contribution < -0.4 is 0 Å². The van der Waals surface area contributed by atoms with Crippen molar-refractivity contribution in [2.45, 2.75) is 34.1 Å². The van der Waals surface area contributed by atoms with Gasteiger partial charge in [0.15, 0.2) is 5.78 Å². The van der Waals surface area contributed by atoms with Crippen LogP contribution in [0.3, 0.4) is 0 Å². The normalized spacial score (nSPS) is 13.1. The third kappa shape index (κ3) is 5.86. The summed E-state index contributed by atoms with van der Waals surface area (Å²) in [7, 11) is 0. The van der Waals surface area contributed by atoms with Gasteiger partial charge in [0.05, 0.1) is 12.7 Å². The van der Waals surface area contributed by atoms with E-state index in [1.54, 1.807) is 13.8 Å². The molecule has 0 radical (unpaired) electrons. The zero-order valence-electron chi connectivity index (χ0n) is 10.8. The quantitative estimate of drug-likeness (QED) is 0.525. The molecule has 0 saturated heterocycles. The first-order valence-corrected chi connectivity index (χ1v) is 5.66. The van der Waals surface area contributed by atoms with Crippen molar-refractivity contribution in [2.75, 3.05) is 6.61 Å². The SMILES string of the molecule is CCOC(=O)C(C#N)C(C)CC(=O)C=C(C)C. The molecule has 17 heavy (non-hydrogen) atoms. The summed E-state index contributed by atoms with van der Waals surface area (Å²) in [5.41, 5.74) is 0.909. The van der Waals surface area contributed by atoms with Crippen LogP contribution in [-0.2, 0) is 14.3 Å². The summed E-state index contributed by atoms with van der Waals surface area (Å²) in [4.78, 5) is 23.0. The van der Waals surface area contributed by atoms with Crippen LogP contribution in [0.1, 0.15) is 34.1 Å². The van der Waals surface area contributed by atoms with Crippen molar-refractivity contribution in [1.29, 1.82) is 5.26 Å². The molecule has 0 aliphatic carbocycles. The Bertz CT molecular complexity index is 348. The molecule has 4 heteroatoms. The molecule has 0 aliphatic rings. The molecule has 0 N–H and O–H groups in total. The average Bonchev–Trinajstić information content (AvgIpc) is 2.17. The van der Waals surface area contributed by atoms with Crippen LogP contribution in [0.4, 0.5) is 0 Å². The summed E-state index contributed by atoms with van der Waals surface area (Å²) < 4.78 is 4.79. The molecular formula is C13H19NO3. The van der Waals surface area contributed by atoms with E-state index in [1.807, 2.05) is 19.9 Å². The topological polar surface area (TPSA) is 67.2 Å². The van der Waals surface area contributed by atoms with Crippen LogP contribution in [-0.4, -0.2) is 18.4 Å². The number of carbonyl (C=O) groups is 2. The van der Waals surface area contributed by atoms with E-state index in [0.29, 0.717) is 0 Å². The Labute approximate surface area is 102 Å². The summed E-state index contributed by atoms with van der Waals surface area (Å²) >= 11 is 0. The minimum atomic E-state index is -0.871. The predicted molar refractivity (Wildman–Crippen MR) is 64.0 cm³/mol. The van der Waals surface area contributed by atoms with Crippen LogP contribution in [0.15, 0.2) is 11.6 Å². The number of carbonyl (C=O) groups excluding carboxylic acids is 2. The molecule has 0 aromatic heterocycles. The van der Waals surface area contributed by atoms with Gasteiger partial charge in [0.25, 0.3) is 0 Å². The van der Waals surface area contributed by atoms with Crippen LogP contribution in [0.5, 0.6) is 0 Å². The number of nitrogens with zero attached hydrogens (tertiary/aromatic N) is 1. The third-order valence-corrected chi connectivity index (χ3v) is 2.22. The van der Waals surface area contributed by atoms with E-state index in [0.717, 1.165) is 5.57 Å². The molecule has 0 spiro atoms. The Kier molecular flexibility index (Phi) is 6.88. The molecule has 0 amide bonds. The highest BCUT2D eigenvalue weighted by atomic mass is 16.5. The zero-order chi connectivity index (χ0) is 13.4. The van der Waals surface area contributed by atoms with Gasteiger partial charge in [-0.3, -0.25) is 9.59 Å². The van der Waals surface area contributed by atoms with Crippen LogP contribution in [0, 0.1) is 23.2 Å². The highest BCUT2D eigenvalue weighted by molar-refractivity contribution is 5.90. The Morgan fingerprint density at radius 3 is 2.41 bits per heavy atom. The van der Waals surface area contributed by atoms with Gasteiger partial charge in [0.1, 0.15) is 5.92 Å². The van der Waals surface area contributed by atoms with Crippen LogP contribution in [0.2, 0.25) is 0 Å². The second-order valence-electron chi connectivity index (χ2n) is 4.23. The molecule has 0 aromatic carbocycles. The molecule has 2 unspecified atom stereocenters.